The first-order chi connectivity index (χ1) is 9.47. The predicted octanol–water partition coefficient (Wildman–Crippen LogP) is 5.36. The van der Waals surface area contributed by atoms with Crippen molar-refractivity contribution in [2.45, 2.75) is 59.1 Å². The van der Waals surface area contributed by atoms with Gasteiger partial charge >= 0.3 is 0 Å². The predicted molar refractivity (Wildman–Crippen MR) is 86.8 cm³/mol. The highest BCUT2D eigenvalue weighted by atomic mass is 35.5. The number of halogens is 1. The van der Waals surface area contributed by atoms with Gasteiger partial charge in [0.1, 0.15) is 5.75 Å². The largest absolute Gasteiger partial charge is 0.489 e. The molecule has 0 spiro atoms. The number of hydrogen-bond donors (Lipinski definition) is 1. The quantitative estimate of drug-likeness (QED) is 0.807. The van der Waals surface area contributed by atoms with E-state index in [9.17, 15) is 0 Å². The Labute approximate surface area is 127 Å². The molecule has 20 heavy (non-hydrogen) atoms. The van der Waals surface area contributed by atoms with Crippen LogP contribution in [-0.4, -0.2) is 12.1 Å². The van der Waals surface area contributed by atoms with E-state index >= 15 is 0 Å². The van der Waals surface area contributed by atoms with E-state index in [4.69, 9.17) is 16.3 Å². The third-order valence-electron chi connectivity index (χ3n) is 4.35. The lowest BCUT2D eigenvalue weighted by atomic mass is 9.78. The van der Waals surface area contributed by atoms with Gasteiger partial charge in [0.15, 0.2) is 0 Å². The van der Waals surface area contributed by atoms with Crippen LogP contribution in [0.15, 0.2) is 18.2 Å². The lowest BCUT2D eigenvalue weighted by Gasteiger charge is -2.35. The van der Waals surface area contributed by atoms with Crippen LogP contribution >= 0.6 is 11.6 Å². The van der Waals surface area contributed by atoms with Gasteiger partial charge in [-0.1, -0.05) is 38.3 Å². The van der Waals surface area contributed by atoms with Gasteiger partial charge in [-0.2, -0.15) is 0 Å². The molecule has 2 nitrogen and oxygen atoms in total. The van der Waals surface area contributed by atoms with E-state index in [1.54, 1.807) is 0 Å². The van der Waals surface area contributed by atoms with Crippen molar-refractivity contribution in [3.8, 4) is 5.75 Å². The summed E-state index contributed by atoms with van der Waals surface area (Å²) >= 11 is 6.29. The van der Waals surface area contributed by atoms with Gasteiger partial charge < -0.3 is 10.1 Å². The van der Waals surface area contributed by atoms with Crippen LogP contribution in [0.4, 0.5) is 5.69 Å². The molecular formula is C17H26ClNO. The zero-order chi connectivity index (χ0) is 14.7. The molecule has 3 heteroatoms. The average Bonchev–Trinajstić information content (AvgIpc) is 2.38. The summed E-state index contributed by atoms with van der Waals surface area (Å²) in [6, 6.07) is 6.55. The monoisotopic (exact) mass is 295 g/mol. The Morgan fingerprint density at radius 2 is 2.00 bits per heavy atom. The van der Waals surface area contributed by atoms with Crippen LogP contribution < -0.4 is 10.1 Å². The molecule has 0 aromatic heterocycles. The number of ether oxygens (including phenoxy) is 1. The molecule has 1 N–H and O–H groups in total. The SMILES string of the molecule is CC(C)Oc1ccc(NC2CCCC(C)C2C)cc1Cl. The smallest absolute Gasteiger partial charge is 0.138 e. The van der Waals surface area contributed by atoms with E-state index in [0.29, 0.717) is 17.0 Å². The molecule has 1 aliphatic rings. The number of benzene rings is 1. The summed E-state index contributed by atoms with van der Waals surface area (Å²) in [5.41, 5.74) is 1.09. The van der Waals surface area contributed by atoms with Crippen molar-refractivity contribution in [3.63, 3.8) is 0 Å². The molecule has 1 fully saturated rings. The minimum atomic E-state index is 0.144. The molecule has 0 aliphatic heterocycles. The summed E-state index contributed by atoms with van der Waals surface area (Å²) in [6.07, 6.45) is 4.05. The van der Waals surface area contributed by atoms with Crippen molar-refractivity contribution >= 4 is 17.3 Å². The Hall–Kier alpha value is -0.890. The van der Waals surface area contributed by atoms with Gasteiger partial charge in [0.05, 0.1) is 11.1 Å². The molecule has 0 saturated heterocycles. The molecule has 0 heterocycles. The number of hydrogen-bond acceptors (Lipinski definition) is 2. The van der Waals surface area contributed by atoms with Crippen LogP contribution in [0.5, 0.6) is 5.75 Å². The van der Waals surface area contributed by atoms with E-state index in [1.165, 1.54) is 19.3 Å². The molecule has 1 aromatic rings. The maximum atomic E-state index is 6.29. The molecular weight excluding hydrogens is 270 g/mol. The number of anilines is 1. The van der Waals surface area contributed by atoms with Crippen LogP contribution in [0.2, 0.25) is 5.02 Å². The molecule has 3 atom stereocenters. The summed E-state index contributed by atoms with van der Waals surface area (Å²) in [4.78, 5) is 0. The van der Waals surface area contributed by atoms with Crippen molar-refractivity contribution in [2.24, 2.45) is 11.8 Å². The van der Waals surface area contributed by atoms with E-state index in [-0.39, 0.29) is 6.10 Å². The van der Waals surface area contributed by atoms with Crippen molar-refractivity contribution in [2.75, 3.05) is 5.32 Å². The molecule has 112 valence electrons. The normalized spacial score (nSPS) is 26.6. The fourth-order valence-electron chi connectivity index (χ4n) is 2.94. The molecule has 0 amide bonds. The second-order valence-corrected chi connectivity index (χ2v) is 6.74. The van der Waals surface area contributed by atoms with Crippen LogP contribution in [0.25, 0.3) is 0 Å². The minimum absolute atomic E-state index is 0.144. The summed E-state index contributed by atoms with van der Waals surface area (Å²) in [5.74, 6) is 2.26. The van der Waals surface area contributed by atoms with Gasteiger partial charge in [0.25, 0.3) is 0 Å². The lowest BCUT2D eigenvalue weighted by Crippen LogP contribution is -2.34. The highest BCUT2D eigenvalue weighted by Crippen LogP contribution is 2.33. The Kier molecular flexibility index (Phi) is 5.20. The van der Waals surface area contributed by atoms with E-state index in [2.05, 4.69) is 25.2 Å². The topological polar surface area (TPSA) is 21.3 Å². The van der Waals surface area contributed by atoms with E-state index in [1.807, 2.05) is 26.0 Å². The first-order valence-electron chi connectivity index (χ1n) is 7.70. The summed E-state index contributed by atoms with van der Waals surface area (Å²) in [5, 5.41) is 4.32. The van der Waals surface area contributed by atoms with Gasteiger partial charge in [-0.15, -0.1) is 0 Å². The Balaban J connectivity index is 2.04. The van der Waals surface area contributed by atoms with Gasteiger partial charge in [-0.25, -0.2) is 0 Å². The first-order valence-corrected chi connectivity index (χ1v) is 8.08. The lowest BCUT2D eigenvalue weighted by molar-refractivity contribution is 0.242. The zero-order valence-corrected chi connectivity index (χ0v) is 13.7. The van der Waals surface area contributed by atoms with Gasteiger partial charge in [0.2, 0.25) is 0 Å². The second kappa shape index (κ2) is 6.71. The standard InChI is InChI=1S/C17H26ClNO/c1-11(2)20-17-9-8-14(10-15(17)18)19-16-7-5-6-12(3)13(16)4/h8-13,16,19H,5-7H2,1-4H3. The maximum Gasteiger partial charge on any atom is 0.138 e. The van der Waals surface area contributed by atoms with Crippen LogP contribution in [0, 0.1) is 11.8 Å². The van der Waals surface area contributed by atoms with Crippen molar-refractivity contribution in [3.05, 3.63) is 23.2 Å². The summed E-state index contributed by atoms with van der Waals surface area (Å²) in [6.45, 7) is 8.71. The number of rotatable bonds is 4. The fourth-order valence-corrected chi connectivity index (χ4v) is 3.17. The highest BCUT2D eigenvalue weighted by Gasteiger charge is 2.26. The number of nitrogens with one attached hydrogen (secondary N) is 1. The van der Waals surface area contributed by atoms with Crippen molar-refractivity contribution in [1.82, 2.24) is 0 Å². The van der Waals surface area contributed by atoms with Crippen LogP contribution in [0.1, 0.15) is 47.0 Å². The third-order valence-corrected chi connectivity index (χ3v) is 4.65. The minimum Gasteiger partial charge on any atom is -0.489 e. The van der Waals surface area contributed by atoms with E-state index in [0.717, 1.165) is 17.4 Å². The molecule has 1 aromatic carbocycles. The third kappa shape index (κ3) is 3.82. The Morgan fingerprint density at radius 1 is 1.25 bits per heavy atom. The second-order valence-electron chi connectivity index (χ2n) is 6.33. The van der Waals surface area contributed by atoms with Crippen molar-refractivity contribution < 1.29 is 4.74 Å². The first kappa shape index (κ1) is 15.5. The molecule has 0 radical (unpaired) electrons. The molecule has 2 rings (SSSR count). The van der Waals surface area contributed by atoms with Crippen LogP contribution in [0.3, 0.4) is 0 Å². The molecule has 1 saturated carbocycles. The summed E-state index contributed by atoms with van der Waals surface area (Å²) in [7, 11) is 0. The fraction of sp³-hybridized carbons (Fsp3) is 0.647. The van der Waals surface area contributed by atoms with E-state index < -0.39 is 0 Å². The van der Waals surface area contributed by atoms with Gasteiger partial charge in [-0.3, -0.25) is 0 Å². The highest BCUT2D eigenvalue weighted by molar-refractivity contribution is 6.32. The Morgan fingerprint density at radius 3 is 2.65 bits per heavy atom. The molecule has 0 bridgehead atoms. The molecule has 3 unspecified atom stereocenters. The Bertz CT molecular complexity index is 447. The maximum absolute atomic E-state index is 6.29. The van der Waals surface area contributed by atoms with Gasteiger partial charge in [-0.05, 0) is 50.3 Å². The van der Waals surface area contributed by atoms with Crippen molar-refractivity contribution in [1.29, 1.82) is 0 Å². The van der Waals surface area contributed by atoms with Gasteiger partial charge in [0, 0.05) is 11.7 Å². The molecule has 1 aliphatic carbocycles. The zero-order valence-electron chi connectivity index (χ0n) is 12.9. The average molecular weight is 296 g/mol. The van der Waals surface area contributed by atoms with Crippen LogP contribution in [-0.2, 0) is 0 Å². The summed E-state index contributed by atoms with van der Waals surface area (Å²) < 4.78 is 5.67.